The van der Waals surface area contributed by atoms with Crippen LogP contribution in [0.5, 0.6) is 0 Å². The number of oxime groups is 1. The van der Waals surface area contributed by atoms with E-state index in [2.05, 4.69) is 5.16 Å². The van der Waals surface area contributed by atoms with E-state index in [0.29, 0.717) is 11.1 Å². The molecule has 4 rings (SSSR count). The Balaban J connectivity index is 1.50. The summed E-state index contributed by atoms with van der Waals surface area (Å²) in [6, 6.07) is 9.95. The molecule has 2 aromatic carbocycles. The standard InChI is InChI=1S/C24H23Cl2F3N2O4/c1-21(2,3)34-20(32)31-12-22(33,13-31)15-6-4-14(5-7-15)19-11-23(35-30-19,24(27,28)29)16-8-17(25)10-18(26)9-16/h4-10,33H,11-13H2,1-3H3. The van der Waals surface area contributed by atoms with Crippen LogP contribution in [0.25, 0.3) is 0 Å². The maximum atomic E-state index is 14.2. The Kier molecular flexibility index (Phi) is 6.27. The summed E-state index contributed by atoms with van der Waals surface area (Å²) in [6.45, 7) is 5.33. The van der Waals surface area contributed by atoms with Crippen LogP contribution >= 0.6 is 23.2 Å². The highest BCUT2D eigenvalue weighted by molar-refractivity contribution is 6.34. The molecule has 2 aliphatic rings. The van der Waals surface area contributed by atoms with Gasteiger partial charge in [0.1, 0.15) is 11.2 Å². The van der Waals surface area contributed by atoms with Crippen LogP contribution in [0.1, 0.15) is 43.9 Å². The first-order valence-electron chi connectivity index (χ1n) is 10.7. The maximum Gasteiger partial charge on any atom is 0.435 e. The van der Waals surface area contributed by atoms with Gasteiger partial charge in [-0.1, -0.05) is 52.6 Å². The van der Waals surface area contributed by atoms with Crippen LogP contribution in [0.3, 0.4) is 0 Å². The third kappa shape index (κ3) is 4.94. The zero-order chi connectivity index (χ0) is 25.8. The maximum absolute atomic E-state index is 14.2. The number of hydrogen-bond acceptors (Lipinski definition) is 5. The van der Waals surface area contributed by atoms with Gasteiger partial charge < -0.3 is 19.6 Å². The van der Waals surface area contributed by atoms with E-state index in [1.165, 1.54) is 11.0 Å². The molecule has 6 nitrogen and oxygen atoms in total. The zero-order valence-electron chi connectivity index (χ0n) is 19.1. The number of hydrogen-bond donors (Lipinski definition) is 1. The summed E-state index contributed by atoms with van der Waals surface area (Å²) in [5.74, 6) is 0. The minimum atomic E-state index is -4.79. The van der Waals surface area contributed by atoms with E-state index < -0.39 is 35.5 Å². The molecule has 1 saturated heterocycles. The number of rotatable bonds is 3. The number of nitrogens with zero attached hydrogens (tertiary/aromatic N) is 2. The zero-order valence-corrected chi connectivity index (χ0v) is 20.6. The lowest BCUT2D eigenvalue weighted by atomic mass is 9.84. The monoisotopic (exact) mass is 530 g/mol. The van der Waals surface area contributed by atoms with Crippen molar-refractivity contribution in [3.05, 3.63) is 69.2 Å². The molecule has 188 valence electrons. The van der Waals surface area contributed by atoms with Gasteiger partial charge in [0.05, 0.1) is 18.8 Å². The van der Waals surface area contributed by atoms with Gasteiger partial charge in [0.2, 0.25) is 0 Å². The number of aliphatic hydroxyl groups is 1. The van der Waals surface area contributed by atoms with Gasteiger partial charge in [0.25, 0.3) is 5.60 Å². The highest BCUT2D eigenvalue weighted by atomic mass is 35.5. The van der Waals surface area contributed by atoms with Gasteiger partial charge in [-0.3, -0.25) is 0 Å². The first-order valence-corrected chi connectivity index (χ1v) is 11.5. The molecular formula is C24H23Cl2F3N2O4. The summed E-state index contributed by atoms with van der Waals surface area (Å²) in [5, 5.41) is 14.7. The fourth-order valence-electron chi connectivity index (χ4n) is 4.04. The quantitative estimate of drug-likeness (QED) is 0.527. The third-order valence-corrected chi connectivity index (χ3v) is 6.26. The SMILES string of the molecule is CC(C)(C)OC(=O)N1CC(O)(c2ccc(C3=NOC(c4cc(Cl)cc(Cl)c4)(C(F)(F)F)C3)cc2)C1. The van der Waals surface area contributed by atoms with Gasteiger partial charge >= 0.3 is 12.3 Å². The highest BCUT2D eigenvalue weighted by Crippen LogP contribution is 2.49. The van der Waals surface area contributed by atoms with Crippen molar-refractivity contribution in [2.24, 2.45) is 5.16 Å². The lowest BCUT2D eigenvalue weighted by molar-refractivity contribution is -0.275. The minimum absolute atomic E-state index is 0.0397. The summed E-state index contributed by atoms with van der Waals surface area (Å²) in [4.78, 5) is 18.5. The highest BCUT2D eigenvalue weighted by Gasteiger charge is 2.62. The minimum Gasteiger partial charge on any atom is -0.444 e. The molecule has 35 heavy (non-hydrogen) atoms. The molecule has 0 bridgehead atoms. The van der Waals surface area contributed by atoms with Crippen LogP contribution in [0, 0.1) is 0 Å². The van der Waals surface area contributed by atoms with Crippen LogP contribution in [-0.2, 0) is 20.8 Å². The number of carbonyl (C=O) groups is 1. The van der Waals surface area contributed by atoms with Gasteiger partial charge in [0.15, 0.2) is 0 Å². The number of halogens is 5. The Labute approximate surface area is 210 Å². The lowest BCUT2D eigenvalue weighted by Crippen LogP contribution is -2.61. The van der Waals surface area contributed by atoms with Gasteiger partial charge in [-0.25, -0.2) is 4.79 Å². The van der Waals surface area contributed by atoms with Gasteiger partial charge in [-0.15, -0.1) is 0 Å². The van der Waals surface area contributed by atoms with Crippen molar-refractivity contribution < 1.29 is 32.6 Å². The van der Waals surface area contributed by atoms with Crippen LogP contribution in [0.2, 0.25) is 10.0 Å². The van der Waals surface area contributed by atoms with Gasteiger partial charge in [-0.05, 0) is 50.1 Å². The second kappa shape index (κ2) is 8.57. The summed E-state index contributed by atoms with van der Waals surface area (Å²) in [5.41, 5.74) is -3.90. The molecule has 0 aliphatic carbocycles. The first-order chi connectivity index (χ1) is 16.1. The van der Waals surface area contributed by atoms with Crippen LogP contribution in [0.4, 0.5) is 18.0 Å². The average Bonchev–Trinajstić information content (AvgIpc) is 3.16. The van der Waals surface area contributed by atoms with Crippen LogP contribution in [0.15, 0.2) is 47.6 Å². The molecular weight excluding hydrogens is 508 g/mol. The summed E-state index contributed by atoms with van der Waals surface area (Å²) >= 11 is 11.9. The van der Waals surface area contributed by atoms with Crippen molar-refractivity contribution in [1.82, 2.24) is 4.90 Å². The normalized spacial score (nSPS) is 21.7. The predicted molar refractivity (Wildman–Crippen MR) is 125 cm³/mol. The van der Waals surface area contributed by atoms with E-state index in [4.69, 9.17) is 32.8 Å². The van der Waals surface area contributed by atoms with Crippen molar-refractivity contribution in [2.75, 3.05) is 13.1 Å². The van der Waals surface area contributed by atoms with Crippen molar-refractivity contribution in [3.8, 4) is 0 Å². The number of ether oxygens (including phenoxy) is 1. The number of likely N-dealkylation sites (tertiary alicyclic amines) is 1. The fraction of sp³-hybridized carbons (Fsp3) is 0.417. The number of benzene rings is 2. The molecule has 2 aromatic rings. The number of amides is 1. The van der Waals surface area contributed by atoms with E-state index in [9.17, 15) is 23.1 Å². The molecule has 0 aromatic heterocycles. The van der Waals surface area contributed by atoms with E-state index >= 15 is 0 Å². The number of alkyl halides is 3. The molecule has 1 fully saturated rings. The Morgan fingerprint density at radius 1 is 1.06 bits per heavy atom. The van der Waals surface area contributed by atoms with Crippen molar-refractivity contribution >= 4 is 35.0 Å². The smallest absolute Gasteiger partial charge is 0.435 e. The van der Waals surface area contributed by atoms with Crippen molar-refractivity contribution in [3.63, 3.8) is 0 Å². The Morgan fingerprint density at radius 3 is 2.14 bits per heavy atom. The molecule has 0 saturated carbocycles. The molecule has 1 atom stereocenters. The third-order valence-electron chi connectivity index (χ3n) is 5.83. The van der Waals surface area contributed by atoms with Gasteiger partial charge in [-0.2, -0.15) is 13.2 Å². The largest absolute Gasteiger partial charge is 0.444 e. The average molecular weight is 531 g/mol. The first kappa shape index (κ1) is 25.6. The molecule has 11 heteroatoms. The summed E-state index contributed by atoms with van der Waals surface area (Å²) < 4.78 is 47.8. The second-order valence-corrected chi connectivity index (χ2v) is 10.6. The summed E-state index contributed by atoms with van der Waals surface area (Å²) in [6.07, 6.45) is -5.90. The van der Waals surface area contributed by atoms with E-state index in [1.54, 1.807) is 45.0 Å². The second-order valence-electron chi connectivity index (χ2n) is 9.73. The molecule has 1 amide bonds. The number of β-amino-alcohol motifs (C(OH)–C–C–N with tert-alkyl or cyclic N) is 1. The summed E-state index contributed by atoms with van der Waals surface area (Å²) in [7, 11) is 0. The van der Waals surface area contributed by atoms with E-state index in [-0.39, 0.29) is 34.4 Å². The molecule has 2 heterocycles. The Hall–Kier alpha value is -2.49. The molecule has 2 aliphatic heterocycles. The predicted octanol–water partition coefficient (Wildman–Crippen LogP) is 6.01. The van der Waals surface area contributed by atoms with Crippen molar-refractivity contribution in [1.29, 1.82) is 0 Å². The molecule has 0 radical (unpaired) electrons. The number of carbonyl (C=O) groups excluding carboxylic acids is 1. The Morgan fingerprint density at radius 2 is 1.63 bits per heavy atom. The van der Waals surface area contributed by atoms with Crippen LogP contribution < -0.4 is 0 Å². The van der Waals surface area contributed by atoms with Gasteiger partial charge in [0, 0.05) is 22.0 Å². The molecule has 1 N–H and O–H groups in total. The lowest BCUT2D eigenvalue weighted by Gasteiger charge is -2.46. The Bertz CT molecular complexity index is 1150. The van der Waals surface area contributed by atoms with Crippen LogP contribution in [-0.4, -0.2) is 46.7 Å². The molecule has 1 unspecified atom stereocenters. The molecule has 0 spiro atoms. The van der Waals surface area contributed by atoms with E-state index in [0.717, 1.165) is 12.1 Å². The fourth-order valence-corrected chi connectivity index (χ4v) is 4.57. The topological polar surface area (TPSA) is 71.4 Å². The van der Waals surface area contributed by atoms with Crippen molar-refractivity contribution in [2.45, 2.75) is 50.2 Å². The van der Waals surface area contributed by atoms with E-state index in [1.807, 2.05) is 0 Å².